The van der Waals surface area contributed by atoms with Crippen molar-refractivity contribution in [2.24, 2.45) is 11.0 Å². The van der Waals surface area contributed by atoms with Crippen molar-refractivity contribution in [3.63, 3.8) is 0 Å². The number of furan rings is 1. The number of rotatable bonds is 5. The molecule has 0 saturated heterocycles. The standard InChI is InChI=1S/C17H19N3O3/c1-11(2)16(21)19-14-7-5-13(6-8-14)17(22)20-18-10-15-9-4-12(3)23-15/h4-11H,1-3H3,(H,19,21)(H,20,22)/b18-10+. The van der Waals surface area contributed by atoms with E-state index in [1.165, 1.54) is 6.21 Å². The minimum absolute atomic E-state index is 0.0689. The van der Waals surface area contributed by atoms with Gasteiger partial charge in [-0.2, -0.15) is 5.10 Å². The second-order valence-corrected chi connectivity index (χ2v) is 5.37. The molecule has 0 unspecified atom stereocenters. The van der Waals surface area contributed by atoms with Crippen LogP contribution in [0.1, 0.15) is 35.7 Å². The quantitative estimate of drug-likeness (QED) is 0.657. The van der Waals surface area contributed by atoms with Crippen LogP contribution in [0.5, 0.6) is 0 Å². The van der Waals surface area contributed by atoms with Gasteiger partial charge in [0.05, 0.1) is 6.21 Å². The van der Waals surface area contributed by atoms with Crippen LogP contribution in [0, 0.1) is 12.8 Å². The first-order valence-electron chi connectivity index (χ1n) is 7.26. The summed E-state index contributed by atoms with van der Waals surface area (Å²) in [6.45, 7) is 5.46. The van der Waals surface area contributed by atoms with Gasteiger partial charge >= 0.3 is 0 Å². The van der Waals surface area contributed by atoms with E-state index < -0.39 is 0 Å². The molecule has 0 aliphatic rings. The van der Waals surface area contributed by atoms with E-state index in [2.05, 4.69) is 15.8 Å². The Bertz CT molecular complexity index is 715. The minimum atomic E-state index is -0.341. The molecule has 2 N–H and O–H groups in total. The molecule has 2 aromatic rings. The number of nitrogens with one attached hydrogen (secondary N) is 2. The molecule has 6 nitrogen and oxygen atoms in total. The van der Waals surface area contributed by atoms with Crippen LogP contribution in [0.3, 0.4) is 0 Å². The van der Waals surface area contributed by atoms with Crippen molar-refractivity contribution in [2.45, 2.75) is 20.8 Å². The molecule has 0 aliphatic heterocycles. The summed E-state index contributed by atoms with van der Waals surface area (Å²) in [6, 6.07) is 10.2. The first-order valence-corrected chi connectivity index (χ1v) is 7.26. The summed E-state index contributed by atoms with van der Waals surface area (Å²) in [5.74, 6) is 0.829. The van der Waals surface area contributed by atoms with Crippen molar-refractivity contribution in [1.29, 1.82) is 0 Å². The lowest BCUT2D eigenvalue weighted by atomic mass is 10.1. The van der Waals surface area contributed by atoms with E-state index in [1.54, 1.807) is 30.3 Å². The topological polar surface area (TPSA) is 83.7 Å². The van der Waals surface area contributed by atoms with Crippen molar-refractivity contribution in [1.82, 2.24) is 5.43 Å². The fourth-order valence-corrected chi connectivity index (χ4v) is 1.73. The molecule has 0 saturated carbocycles. The fraction of sp³-hybridized carbons (Fsp3) is 0.235. The summed E-state index contributed by atoms with van der Waals surface area (Å²) in [4.78, 5) is 23.5. The van der Waals surface area contributed by atoms with Crippen LogP contribution in [0.15, 0.2) is 45.9 Å². The molecule has 0 aliphatic carbocycles. The smallest absolute Gasteiger partial charge is 0.271 e. The lowest BCUT2D eigenvalue weighted by Gasteiger charge is -2.08. The molecule has 1 aromatic carbocycles. The Labute approximate surface area is 134 Å². The molecule has 120 valence electrons. The summed E-state index contributed by atoms with van der Waals surface area (Å²) in [6.07, 6.45) is 1.43. The van der Waals surface area contributed by atoms with Gasteiger partial charge in [0, 0.05) is 17.2 Å². The Morgan fingerprint density at radius 2 is 1.83 bits per heavy atom. The molecular weight excluding hydrogens is 294 g/mol. The van der Waals surface area contributed by atoms with E-state index in [0.29, 0.717) is 17.0 Å². The maximum atomic E-state index is 11.9. The third-order valence-corrected chi connectivity index (χ3v) is 3.06. The number of amides is 2. The van der Waals surface area contributed by atoms with Gasteiger partial charge in [-0.15, -0.1) is 0 Å². The molecule has 0 radical (unpaired) electrons. The molecule has 0 spiro atoms. The van der Waals surface area contributed by atoms with Crippen LogP contribution in [0.4, 0.5) is 5.69 Å². The van der Waals surface area contributed by atoms with E-state index in [9.17, 15) is 9.59 Å². The second kappa shape index (κ2) is 7.40. The molecule has 0 fully saturated rings. The lowest BCUT2D eigenvalue weighted by Crippen LogP contribution is -2.19. The fourth-order valence-electron chi connectivity index (χ4n) is 1.73. The van der Waals surface area contributed by atoms with Crippen LogP contribution in [0.2, 0.25) is 0 Å². The summed E-state index contributed by atoms with van der Waals surface area (Å²) in [5.41, 5.74) is 3.51. The number of nitrogens with zero attached hydrogens (tertiary/aromatic N) is 1. The van der Waals surface area contributed by atoms with Crippen LogP contribution in [-0.4, -0.2) is 18.0 Å². The molecule has 23 heavy (non-hydrogen) atoms. The van der Waals surface area contributed by atoms with Crippen LogP contribution in [0.25, 0.3) is 0 Å². The highest BCUT2D eigenvalue weighted by molar-refractivity contribution is 5.96. The maximum Gasteiger partial charge on any atom is 0.271 e. The molecule has 2 rings (SSSR count). The normalized spacial score (nSPS) is 11.0. The average molecular weight is 313 g/mol. The number of anilines is 1. The van der Waals surface area contributed by atoms with Crippen molar-refractivity contribution >= 4 is 23.7 Å². The molecule has 1 aromatic heterocycles. The second-order valence-electron chi connectivity index (χ2n) is 5.37. The van der Waals surface area contributed by atoms with Gasteiger partial charge in [0.15, 0.2) is 0 Å². The SMILES string of the molecule is Cc1ccc(/C=N/NC(=O)c2ccc(NC(=O)C(C)C)cc2)o1. The molecule has 0 atom stereocenters. The van der Waals surface area contributed by atoms with E-state index in [-0.39, 0.29) is 17.7 Å². The predicted molar refractivity (Wildman–Crippen MR) is 88.4 cm³/mol. The number of hydrogen-bond acceptors (Lipinski definition) is 4. The number of carbonyl (C=O) groups excluding carboxylic acids is 2. The highest BCUT2D eigenvalue weighted by Gasteiger charge is 2.08. The zero-order valence-electron chi connectivity index (χ0n) is 13.3. The summed E-state index contributed by atoms with van der Waals surface area (Å²) in [7, 11) is 0. The van der Waals surface area contributed by atoms with Crippen LogP contribution in [-0.2, 0) is 4.79 Å². The molecule has 0 bridgehead atoms. The van der Waals surface area contributed by atoms with E-state index >= 15 is 0 Å². The zero-order chi connectivity index (χ0) is 16.8. The molecule has 2 amide bonds. The van der Waals surface area contributed by atoms with Gasteiger partial charge in [-0.1, -0.05) is 13.8 Å². The van der Waals surface area contributed by atoms with Gasteiger partial charge < -0.3 is 9.73 Å². The van der Waals surface area contributed by atoms with E-state index in [1.807, 2.05) is 26.8 Å². The Kier molecular flexibility index (Phi) is 5.30. The van der Waals surface area contributed by atoms with Gasteiger partial charge in [-0.25, -0.2) is 5.43 Å². The van der Waals surface area contributed by atoms with Crippen molar-refractivity contribution in [2.75, 3.05) is 5.32 Å². The number of hydrazone groups is 1. The summed E-state index contributed by atoms with van der Waals surface area (Å²) in [5, 5.41) is 6.60. The van der Waals surface area contributed by atoms with Gasteiger partial charge in [0.1, 0.15) is 11.5 Å². The Hall–Kier alpha value is -2.89. The Morgan fingerprint density at radius 3 is 2.39 bits per heavy atom. The number of hydrogen-bond donors (Lipinski definition) is 2. The number of benzene rings is 1. The molecular formula is C17H19N3O3. The van der Waals surface area contributed by atoms with Gasteiger partial charge in [-0.05, 0) is 43.3 Å². The number of carbonyl (C=O) groups is 2. The van der Waals surface area contributed by atoms with Crippen molar-refractivity contribution in [3.8, 4) is 0 Å². The van der Waals surface area contributed by atoms with E-state index in [4.69, 9.17) is 4.42 Å². The highest BCUT2D eigenvalue weighted by Crippen LogP contribution is 2.11. The monoisotopic (exact) mass is 313 g/mol. The van der Waals surface area contributed by atoms with Crippen molar-refractivity contribution < 1.29 is 14.0 Å². The molecule has 1 heterocycles. The van der Waals surface area contributed by atoms with E-state index in [0.717, 1.165) is 5.76 Å². The lowest BCUT2D eigenvalue weighted by molar-refractivity contribution is -0.118. The van der Waals surface area contributed by atoms with Crippen LogP contribution < -0.4 is 10.7 Å². The number of aryl methyl sites for hydroxylation is 1. The Morgan fingerprint density at radius 1 is 1.13 bits per heavy atom. The predicted octanol–water partition coefficient (Wildman–Crippen LogP) is 2.95. The third-order valence-electron chi connectivity index (χ3n) is 3.06. The van der Waals surface area contributed by atoms with Gasteiger partial charge in [-0.3, -0.25) is 9.59 Å². The van der Waals surface area contributed by atoms with Gasteiger partial charge in [0.2, 0.25) is 5.91 Å². The average Bonchev–Trinajstić information content (AvgIpc) is 2.93. The van der Waals surface area contributed by atoms with Gasteiger partial charge in [0.25, 0.3) is 5.91 Å². The zero-order valence-corrected chi connectivity index (χ0v) is 13.3. The third kappa shape index (κ3) is 4.81. The van der Waals surface area contributed by atoms with Crippen molar-refractivity contribution in [3.05, 3.63) is 53.5 Å². The summed E-state index contributed by atoms with van der Waals surface area (Å²) >= 11 is 0. The molecule has 6 heteroatoms. The Balaban J connectivity index is 1.92. The minimum Gasteiger partial charge on any atom is -0.460 e. The maximum absolute atomic E-state index is 11.9. The first-order chi connectivity index (χ1) is 11.0. The first kappa shape index (κ1) is 16.5. The largest absolute Gasteiger partial charge is 0.460 e. The summed E-state index contributed by atoms with van der Waals surface area (Å²) < 4.78 is 5.30. The highest BCUT2D eigenvalue weighted by atomic mass is 16.3. The van der Waals surface area contributed by atoms with Crippen LogP contribution >= 0.6 is 0 Å².